The number of ketones is 2. The summed E-state index contributed by atoms with van der Waals surface area (Å²) in [5.41, 5.74) is -0.441. The van der Waals surface area contributed by atoms with E-state index in [1.54, 1.807) is 6.92 Å². The first-order valence-electron chi connectivity index (χ1n) is 12.1. The van der Waals surface area contributed by atoms with Gasteiger partial charge in [-0.05, 0) is 46.1 Å². The Hall–Kier alpha value is -1.35. The predicted octanol–water partition coefficient (Wildman–Crippen LogP) is 2.82. The van der Waals surface area contributed by atoms with E-state index in [1.165, 1.54) is 0 Å². The number of amides is 1. The van der Waals surface area contributed by atoms with Crippen LogP contribution in [0.2, 0.25) is 0 Å². The molecule has 2 N–H and O–H groups in total. The number of hydrogen-bond donors (Lipinski definition) is 2. The molecule has 32 heavy (non-hydrogen) atoms. The summed E-state index contributed by atoms with van der Waals surface area (Å²) in [6, 6.07) is 0. The maximum Gasteiger partial charge on any atom is 0.220 e. The summed E-state index contributed by atoms with van der Waals surface area (Å²) in [5.74, 6) is 0.247. The van der Waals surface area contributed by atoms with E-state index in [4.69, 9.17) is 14.2 Å². The lowest BCUT2D eigenvalue weighted by molar-refractivity contribution is -0.125. The molecule has 0 aliphatic heterocycles. The molecule has 1 amide bonds. The van der Waals surface area contributed by atoms with Gasteiger partial charge < -0.3 is 24.8 Å². The fraction of sp³-hybridized carbons (Fsp3) is 0.875. The van der Waals surface area contributed by atoms with E-state index in [0.29, 0.717) is 59.0 Å². The average molecular weight is 459 g/mol. The molecular weight excluding hydrogens is 412 g/mol. The highest BCUT2D eigenvalue weighted by molar-refractivity contribution is 5.85. The maximum atomic E-state index is 11.7. The lowest BCUT2D eigenvalue weighted by atomic mass is 9.94. The van der Waals surface area contributed by atoms with Gasteiger partial charge in [0, 0.05) is 39.0 Å². The summed E-state index contributed by atoms with van der Waals surface area (Å²) in [7, 11) is 0. The summed E-state index contributed by atoms with van der Waals surface area (Å²) in [6.07, 6.45) is 5.42. The van der Waals surface area contributed by atoms with Gasteiger partial charge in [-0.15, -0.1) is 0 Å². The molecule has 0 aliphatic rings. The Bertz CT molecular complexity index is 515. The van der Waals surface area contributed by atoms with Crippen molar-refractivity contribution in [2.75, 3.05) is 52.7 Å². The molecule has 0 saturated heterocycles. The minimum atomic E-state index is -0.441. The van der Waals surface area contributed by atoms with Crippen molar-refractivity contribution < 1.29 is 28.6 Å². The zero-order valence-corrected chi connectivity index (χ0v) is 20.8. The molecule has 0 radical (unpaired) electrons. The van der Waals surface area contributed by atoms with E-state index in [0.717, 1.165) is 38.6 Å². The van der Waals surface area contributed by atoms with E-state index in [-0.39, 0.29) is 23.9 Å². The minimum Gasteiger partial charge on any atom is -0.379 e. The second-order valence-corrected chi connectivity index (χ2v) is 8.21. The van der Waals surface area contributed by atoms with Crippen molar-refractivity contribution in [3.05, 3.63) is 0 Å². The van der Waals surface area contributed by atoms with Gasteiger partial charge in [0.05, 0.1) is 32.0 Å². The molecule has 0 heterocycles. The van der Waals surface area contributed by atoms with Crippen LogP contribution in [-0.2, 0) is 28.6 Å². The van der Waals surface area contributed by atoms with Crippen LogP contribution >= 0.6 is 0 Å². The van der Waals surface area contributed by atoms with Crippen molar-refractivity contribution in [1.29, 1.82) is 0 Å². The van der Waals surface area contributed by atoms with Gasteiger partial charge in [0.25, 0.3) is 0 Å². The fourth-order valence-corrected chi connectivity index (χ4v) is 2.82. The highest BCUT2D eigenvalue weighted by Gasteiger charge is 2.26. The van der Waals surface area contributed by atoms with Gasteiger partial charge in [-0.25, -0.2) is 0 Å². The topological polar surface area (TPSA) is 103 Å². The monoisotopic (exact) mass is 458 g/mol. The van der Waals surface area contributed by atoms with Gasteiger partial charge in [0.15, 0.2) is 0 Å². The number of ether oxygens (including phenoxy) is 3. The van der Waals surface area contributed by atoms with Crippen LogP contribution in [0.5, 0.6) is 0 Å². The zero-order valence-electron chi connectivity index (χ0n) is 20.8. The number of Topliss-reactive ketones (excluding diaryl/α,β-unsaturated/α-hetero) is 2. The normalized spacial score (nSPS) is 13.0. The van der Waals surface area contributed by atoms with E-state index in [1.807, 2.05) is 20.8 Å². The molecule has 8 nitrogen and oxygen atoms in total. The molecule has 0 aromatic rings. The van der Waals surface area contributed by atoms with Crippen molar-refractivity contribution in [2.45, 2.75) is 84.6 Å². The van der Waals surface area contributed by atoms with Crippen molar-refractivity contribution >= 4 is 17.5 Å². The van der Waals surface area contributed by atoms with Crippen LogP contribution in [0.3, 0.4) is 0 Å². The van der Waals surface area contributed by atoms with Crippen LogP contribution in [0, 0.1) is 0 Å². The Morgan fingerprint density at radius 1 is 0.750 bits per heavy atom. The molecule has 0 rings (SSSR count). The summed E-state index contributed by atoms with van der Waals surface area (Å²) in [5, 5.41) is 6.10. The lowest BCUT2D eigenvalue weighted by Gasteiger charge is -2.26. The number of carbonyl (C=O) groups excluding carboxylic acids is 3. The number of rotatable bonds is 23. The van der Waals surface area contributed by atoms with Gasteiger partial charge in [-0.3, -0.25) is 14.4 Å². The van der Waals surface area contributed by atoms with Crippen molar-refractivity contribution in [3.8, 4) is 0 Å². The standard InChI is InChI=1S/C24H46N2O6/c1-5-7-10-22(28)11-12-23(29)25-13-8-15-30-17-19-32-20-18-31-16-9-14-26-24(4,6-2)21(3)27/h26H,5-20H2,1-4H3,(H,25,29). The molecule has 0 spiro atoms. The summed E-state index contributed by atoms with van der Waals surface area (Å²) >= 11 is 0. The van der Waals surface area contributed by atoms with E-state index in [9.17, 15) is 14.4 Å². The summed E-state index contributed by atoms with van der Waals surface area (Å²) in [4.78, 5) is 34.8. The fourth-order valence-electron chi connectivity index (χ4n) is 2.82. The molecule has 0 aromatic carbocycles. The van der Waals surface area contributed by atoms with Crippen molar-refractivity contribution in [1.82, 2.24) is 10.6 Å². The van der Waals surface area contributed by atoms with E-state index in [2.05, 4.69) is 10.6 Å². The molecule has 0 fully saturated rings. The second kappa shape index (κ2) is 20.3. The number of hydrogen-bond acceptors (Lipinski definition) is 7. The number of carbonyl (C=O) groups is 3. The van der Waals surface area contributed by atoms with Crippen LogP contribution in [0.25, 0.3) is 0 Å². The van der Waals surface area contributed by atoms with Crippen LogP contribution in [-0.4, -0.2) is 75.7 Å². The first-order valence-corrected chi connectivity index (χ1v) is 12.1. The Morgan fingerprint density at radius 2 is 1.31 bits per heavy atom. The molecule has 0 saturated carbocycles. The number of unbranched alkanes of at least 4 members (excludes halogenated alkanes) is 1. The van der Waals surface area contributed by atoms with Crippen LogP contribution < -0.4 is 10.6 Å². The highest BCUT2D eigenvalue weighted by Crippen LogP contribution is 2.10. The van der Waals surface area contributed by atoms with Gasteiger partial charge >= 0.3 is 0 Å². The molecule has 8 heteroatoms. The Balaban J connectivity index is 3.35. The van der Waals surface area contributed by atoms with Crippen molar-refractivity contribution in [2.24, 2.45) is 0 Å². The summed E-state index contributed by atoms with van der Waals surface area (Å²) in [6.45, 7) is 12.1. The zero-order chi connectivity index (χ0) is 24.1. The average Bonchev–Trinajstić information content (AvgIpc) is 2.78. The summed E-state index contributed by atoms with van der Waals surface area (Å²) < 4.78 is 16.5. The largest absolute Gasteiger partial charge is 0.379 e. The second-order valence-electron chi connectivity index (χ2n) is 8.21. The van der Waals surface area contributed by atoms with Gasteiger partial charge in [-0.1, -0.05) is 20.3 Å². The van der Waals surface area contributed by atoms with E-state index >= 15 is 0 Å². The van der Waals surface area contributed by atoms with E-state index < -0.39 is 5.54 Å². The van der Waals surface area contributed by atoms with Crippen LogP contribution in [0.1, 0.15) is 79.1 Å². The molecule has 0 bridgehead atoms. The predicted molar refractivity (Wildman–Crippen MR) is 126 cm³/mol. The molecular formula is C24H46N2O6. The third-order valence-electron chi connectivity index (χ3n) is 5.44. The Kier molecular flexibility index (Phi) is 19.4. The molecule has 0 aliphatic carbocycles. The minimum absolute atomic E-state index is 0.0767. The Morgan fingerprint density at radius 3 is 1.84 bits per heavy atom. The molecule has 0 aromatic heterocycles. The van der Waals surface area contributed by atoms with Gasteiger partial charge in [0.2, 0.25) is 5.91 Å². The molecule has 1 atom stereocenters. The highest BCUT2D eigenvalue weighted by atomic mass is 16.5. The van der Waals surface area contributed by atoms with Crippen molar-refractivity contribution in [3.63, 3.8) is 0 Å². The number of nitrogens with one attached hydrogen (secondary N) is 2. The van der Waals surface area contributed by atoms with Gasteiger partial charge in [-0.2, -0.15) is 0 Å². The lowest BCUT2D eigenvalue weighted by Crippen LogP contribution is -2.48. The smallest absolute Gasteiger partial charge is 0.220 e. The first-order chi connectivity index (χ1) is 15.4. The third-order valence-corrected chi connectivity index (χ3v) is 5.44. The van der Waals surface area contributed by atoms with Crippen LogP contribution in [0.15, 0.2) is 0 Å². The van der Waals surface area contributed by atoms with Gasteiger partial charge in [0.1, 0.15) is 11.6 Å². The maximum absolute atomic E-state index is 11.7. The molecule has 1 unspecified atom stereocenters. The van der Waals surface area contributed by atoms with Crippen LogP contribution in [0.4, 0.5) is 0 Å². The third kappa shape index (κ3) is 17.2. The SMILES string of the molecule is CCCCC(=O)CCC(=O)NCCCOCCOCCOCCCNC(C)(CC)C(C)=O. The Labute approximate surface area is 194 Å². The quantitative estimate of drug-likeness (QED) is 0.227. The first kappa shape index (κ1) is 30.6. The molecule has 188 valence electrons.